The average molecular weight is 277 g/mol. The summed E-state index contributed by atoms with van der Waals surface area (Å²) in [7, 11) is 0. The highest BCUT2D eigenvalue weighted by molar-refractivity contribution is 6.31. The number of rotatable bonds is 2. The molecule has 3 nitrogen and oxygen atoms in total. The van der Waals surface area contributed by atoms with E-state index in [1.807, 2.05) is 0 Å². The van der Waals surface area contributed by atoms with Gasteiger partial charge in [0.25, 0.3) is 0 Å². The number of nitrogens with one attached hydrogen (secondary N) is 2. The van der Waals surface area contributed by atoms with Gasteiger partial charge >= 0.3 is 0 Å². The molecule has 1 aliphatic carbocycles. The molecule has 19 heavy (non-hydrogen) atoms. The highest BCUT2D eigenvalue weighted by Gasteiger charge is 2.31. The zero-order valence-corrected chi connectivity index (χ0v) is 11.4. The van der Waals surface area contributed by atoms with E-state index in [-0.39, 0.29) is 5.78 Å². The Balaban J connectivity index is 1.74. The smallest absolute Gasteiger partial charge is 0.189 e. The van der Waals surface area contributed by atoms with Crippen molar-refractivity contribution in [2.75, 3.05) is 0 Å². The molecule has 2 fully saturated rings. The highest BCUT2D eigenvalue weighted by atomic mass is 35.5. The largest absolute Gasteiger partial charge is 0.367 e. The van der Waals surface area contributed by atoms with Gasteiger partial charge < -0.3 is 10.6 Å². The monoisotopic (exact) mass is 276 g/mol. The molecule has 0 bridgehead atoms. The van der Waals surface area contributed by atoms with Crippen molar-refractivity contribution in [1.82, 2.24) is 10.6 Å². The molecule has 2 atom stereocenters. The van der Waals surface area contributed by atoms with Crippen LogP contribution in [0, 0.1) is 0 Å². The van der Waals surface area contributed by atoms with Crippen molar-refractivity contribution >= 4 is 17.4 Å². The maximum absolute atomic E-state index is 12.1. The molecule has 0 spiro atoms. The van der Waals surface area contributed by atoms with E-state index >= 15 is 0 Å². The molecule has 0 radical (unpaired) electrons. The molecule has 1 unspecified atom stereocenters. The second-order valence-corrected chi connectivity index (χ2v) is 5.66. The lowest BCUT2D eigenvalue weighted by Gasteiger charge is -2.23. The van der Waals surface area contributed by atoms with E-state index in [2.05, 4.69) is 10.6 Å². The summed E-state index contributed by atoms with van der Waals surface area (Å²) >= 11 is 5.90. The average Bonchev–Trinajstić information content (AvgIpc) is 2.80. The van der Waals surface area contributed by atoms with E-state index in [9.17, 15) is 4.79 Å². The summed E-state index contributed by atoms with van der Waals surface area (Å²) in [6, 6.07) is 8.01. The van der Waals surface area contributed by atoms with Crippen LogP contribution in [0.1, 0.15) is 36.0 Å². The Morgan fingerprint density at radius 2 is 1.89 bits per heavy atom. The van der Waals surface area contributed by atoms with E-state index in [0.717, 1.165) is 5.82 Å². The molecule has 100 valence electrons. The van der Waals surface area contributed by atoms with Crippen molar-refractivity contribution in [2.45, 2.75) is 37.8 Å². The summed E-state index contributed by atoms with van der Waals surface area (Å²) in [5.41, 5.74) is 0.624. The third-order valence-electron chi connectivity index (χ3n) is 3.83. The van der Waals surface area contributed by atoms with Gasteiger partial charge in [0.2, 0.25) is 0 Å². The standard InChI is InChI=1S/C15H17ClN2O/c16-11-5-3-4-10(8-11)14(19)9-15-17-12-6-1-2-7-13(12)18-15/h3-5,8-9,12-13,17-18H,1-2,6-7H2/t12-,13?/m0/s1. The number of fused-ring (bicyclic) bond motifs is 1. The van der Waals surface area contributed by atoms with E-state index < -0.39 is 0 Å². The molecule has 2 N–H and O–H groups in total. The van der Waals surface area contributed by atoms with Gasteiger partial charge in [0.1, 0.15) is 5.82 Å². The lowest BCUT2D eigenvalue weighted by Crippen LogP contribution is -2.36. The minimum Gasteiger partial charge on any atom is -0.367 e. The molecular formula is C15H17ClN2O. The normalized spacial score (nSPS) is 27.5. The molecule has 0 amide bonds. The minimum absolute atomic E-state index is 0.0175. The van der Waals surface area contributed by atoms with Crippen LogP contribution in [0.3, 0.4) is 0 Å². The Kier molecular flexibility index (Phi) is 3.47. The molecular weight excluding hydrogens is 260 g/mol. The van der Waals surface area contributed by atoms with Crippen LogP contribution in [-0.4, -0.2) is 17.9 Å². The first-order valence-electron chi connectivity index (χ1n) is 6.77. The van der Waals surface area contributed by atoms with E-state index in [4.69, 9.17) is 11.6 Å². The fourth-order valence-corrected chi connectivity index (χ4v) is 3.05. The second-order valence-electron chi connectivity index (χ2n) is 5.22. The van der Waals surface area contributed by atoms with Gasteiger partial charge in [0.15, 0.2) is 5.78 Å². The number of carbonyl (C=O) groups is 1. The Bertz CT molecular complexity index is 511. The molecule has 3 rings (SSSR count). The molecule has 4 heteroatoms. The number of benzene rings is 1. The van der Waals surface area contributed by atoms with Crippen LogP contribution in [0.2, 0.25) is 5.02 Å². The Morgan fingerprint density at radius 1 is 1.21 bits per heavy atom. The first-order chi connectivity index (χ1) is 9.22. The molecule has 1 heterocycles. The SMILES string of the molecule is O=C(C=C1NC2CCCC[C@@H]2N1)c1cccc(Cl)c1. The number of ketones is 1. The first kappa shape index (κ1) is 12.5. The first-order valence-corrected chi connectivity index (χ1v) is 7.15. The summed E-state index contributed by atoms with van der Waals surface area (Å²) in [4.78, 5) is 12.1. The minimum atomic E-state index is -0.0175. The maximum atomic E-state index is 12.1. The molecule has 1 aromatic rings. The lowest BCUT2D eigenvalue weighted by molar-refractivity contribution is 0.104. The van der Waals surface area contributed by atoms with Gasteiger partial charge in [-0.3, -0.25) is 4.79 Å². The summed E-state index contributed by atoms with van der Waals surface area (Å²) < 4.78 is 0. The van der Waals surface area contributed by atoms with Crippen LogP contribution in [0.5, 0.6) is 0 Å². The van der Waals surface area contributed by atoms with Gasteiger partial charge in [0.05, 0.1) is 0 Å². The fourth-order valence-electron chi connectivity index (χ4n) is 2.86. The summed E-state index contributed by atoms with van der Waals surface area (Å²) in [5, 5.41) is 7.40. The molecule has 2 aliphatic rings. The zero-order valence-electron chi connectivity index (χ0n) is 10.7. The van der Waals surface area contributed by atoms with Crippen LogP contribution in [-0.2, 0) is 0 Å². The Morgan fingerprint density at radius 3 is 2.53 bits per heavy atom. The molecule has 0 aromatic heterocycles. The summed E-state index contributed by atoms with van der Waals surface area (Å²) in [6.07, 6.45) is 6.54. The molecule has 1 saturated carbocycles. The number of hydrogen-bond acceptors (Lipinski definition) is 3. The second kappa shape index (κ2) is 5.25. The van der Waals surface area contributed by atoms with Crippen LogP contribution < -0.4 is 10.6 Å². The quantitative estimate of drug-likeness (QED) is 0.645. The molecule has 1 saturated heterocycles. The van der Waals surface area contributed by atoms with Crippen molar-refractivity contribution in [3.05, 3.63) is 46.7 Å². The van der Waals surface area contributed by atoms with Crippen LogP contribution in [0.25, 0.3) is 0 Å². The third-order valence-corrected chi connectivity index (χ3v) is 4.07. The predicted molar refractivity (Wildman–Crippen MR) is 76.2 cm³/mol. The van der Waals surface area contributed by atoms with Gasteiger partial charge in [-0.1, -0.05) is 36.6 Å². The zero-order chi connectivity index (χ0) is 13.2. The van der Waals surface area contributed by atoms with Crippen LogP contribution >= 0.6 is 11.6 Å². The van der Waals surface area contributed by atoms with E-state index in [1.165, 1.54) is 25.7 Å². The number of carbonyl (C=O) groups excluding carboxylic acids is 1. The molecule has 1 aliphatic heterocycles. The Hall–Kier alpha value is -1.48. The number of halogens is 1. The van der Waals surface area contributed by atoms with E-state index in [0.29, 0.717) is 22.7 Å². The van der Waals surface area contributed by atoms with Crippen LogP contribution in [0.4, 0.5) is 0 Å². The molecule has 1 aromatic carbocycles. The van der Waals surface area contributed by atoms with Gasteiger partial charge in [-0.25, -0.2) is 0 Å². The van der Waals surface area contributed by atoms with Gasteiger partial charge in [-0.05, 0) is 25.0 Å². The lowest BCUT2D eigenvalue weighted by atomic mass is 9.92. The van der Waals surface area contributed by atoms with Crippen molar-refractivity contribution in [2.24, 2.45) is 0 Å². The number of hydrogen-bond donors (Lipinski definition) is 2. The Labute approximate surface area is 118 Å². The predicted octanol–water partition coefficient (Wildman–Crippen LogP) is 2.87. The van der Waals surface area contributed by atoms with Gasteiger partial charge in [-0.15, -0.1) is 0 Å². The van der Waals surface area contributed by atoms with Crippen molar-refractivity contribution in [3.8, 4) is 0 Å². The third kappa shape index (κ3) is 2.76. The van der Waals surface area contributed by atoms with Crippen molar-refractivity contribution in [3.63, 3.8) is 0 Å². The van der Waals surface area contributed by atoms with Crippen molar-refractivity contribution in [1.29, 1.82) is 0 Å². The topological polar surface area (TPSA) is 41.1 Å². The highest BCUT2D eigenvalue weighted by Crippen LogP contribution is 2.24. The number of allylic oxidation sites excluding steroid dienone is 1. The summed E-state index contributed by atoms with van der Waals surface area (Å²) in [5.74, 6) is 0.832. The van der Waals surface area contributed by atoms with Crippen molar-refractivity contribution < 1.29 is 4.79 Å². The van der Waals surface area contributed by atoms with Crippen LogP contribution in [0.15, 0.2) is 36.2 Å². The maximum Gasteiger partial charge on any atom is 0.189 e. The fraction of sp³-hybridized carbons (Fsp3) is 0.400. The summed E-state index contributed by atoms with van der Waals surface area (Å²) in [6.45, 7) is 0. The van der Waals surface area contributed by atoms with Gasteiger partial charge in [0, 0.05) is 28.7 Å². The van der Waals surface area contributed by atoms with Gasteiger partial charge in [-0.2, -0.15) is 0 Å². The van der Waals surface area contributed by atoms with E-state index in [1.54, 1.807) is 30.3 Å².